The van der Waals surface area contributed by atoms with E-state index in [9.17, 15) is 9.59 Å². The molecule has 0 spiro atoms. The van der Waals surface area contributed by atoms with Crippen molar-refractivity contribution in [3.05, 3.63) is 35.4 Å². The van der Waals surface area contributed by atoms with E-state index in [4.69, 9.17) is 5.73 Å². The molecular formula is C20H31NO3. The van der Waals surface area contributed by atoms with E-state index >= 15 is 0 Å². The molecule has 0 bridgehead atoms. The van der Waals surface area contributed by atoms with Crippen LogP contribution in [0.2, 0.25) is 0 Å². The first kappa shape index (κ1) is 20.2. The molecule has 0 unspecified atom stereocenters. The van der Waals surface area contributed by atoms with Crippen molar-refractivity contribution in [1.82, 2.24) is 0 Å². The van der Waals surface area contributed by atoms with Gasteiger partial charge in [-0.2, -0.15) is 0 Å². The maximum atomic E-state index is 11.0. The lowest BCUT2D eigenvalue weighted by Gasteiger charge is -2.10. The fourth-order valence-electron chi connectivity index (χ4n) is 2.76. The third-order valence-electron chi connectivity index (χ3n) is 4.39. The fraction of sp³-hybridized carbons (Fsp3) is 0.600. The summed E-state index contributed by atoms with van der Waals surface area (Å²) >= 11 is 0. The number of benzene rings is 1. The Balaban J connectivity index is 2.20. The van der Waals surface area contributed by atoms with Gasteiger partial charge in [0.05, 0.1) is 7.11 Å². The Kier molecular flexibility index (Phi) is 9.81. The van der Waals surface area contributed by atoms with Crippen LogP contribution in [0, 0.1) is 5.92 Å². The number of aryl methyl sites for hydroxylation is 2. The zero-order chi connectivity index (χ0) is 17.8. The van der Waals surface area contributed by atoms with Gasteiger partial charge in [-0.3, -0.25) is 9.59 Å². The monoisotopic (exact) mass is 333 g/mol. The number of carbonyl (C=O) groups excluding carboxylic acids is 2. The van der Waals surface area contributed by atoms with E-state index in [0.717, 1.165) is 44.9 Å². The van der Waals surface area contributed by atoms with E-state index in [1.807, 2.05) is 0 Å². The second-order valence-corrected chi connectivity index (χ2v) is 6.60. The van der Waals surface area contributed by atoms with E-state index in [1.165, 1.54) is 18.2 Å². The molecular weight excluding hydrogens is 302 g/mol. The summed E-state index contributed by atoms with van der Waals surface area (Å²) in [6.45, 7) is 2.18. The topological polar surface area (TPSA) is 69.4 Å². The summed E-state index contributed by atoms with van der Waals surface area (Å²) in [4.78, 5) is 21.8. The first-order valence-corrected chi connectivity index (χ1v) is 8.94. The molecule has 0 fully saturated rings. The highest BCUT2D eigenvalue weighted by molar-refractivity contribution is 5.73. The van der Waals surface area contributed by atoms with E-state index in [0.29, 0.717) is 18.8 Å². The molecule has 0 aliphatic carbocycles. The number of unbranched alkanes of at least 4 members (excludes halogenated alkanes) is 1. The molecule has 0 saturated heterocycles. The fourth-order valence-corrected chi connectivity index (χ4v) is 2.76. The summed E-state index contributed by atoms with van der Waals surface area (Å²) in [5.41, 5.74) is 7.85. The number of ether oxygens (including phenoxy) is 1. The number of methoxy groups -OCH3 is 1. The Morgan fingerprint density at radius 1 is 0.958 bits per heavy atom. The maximum Gasteiger partial charge on any atom is 0.305 e. The minimum absolute atomic E-state index is 0.129. The molecule has 0 saturated carbocycles. The van der Waals surface area contributed by atoms with Gasteiger partial charge in [-0.25, -0.2) is 0 Å². The van der Waals surface area contributed by atoms with Gasteiger partial charge in [0.25, 0.3) is 0 Å². The van der Waals surface area contributed by atoms with Gasteiger partial charge in [0.2, 0.25) is 5.91 Å². The number of nitrogens with two attached hydrogens (primary N) is 1. The second-order valence-electron chi connectivity index (χ2n) is 6.60. The van der Waals surface area contributed by atoms with Crippen molar-refractivity contribution in [3.63, 3.8) is 0 Å². The predicted molar refractivity (Wildman–Crippen MR) is 96.5 cm³/mol. The molecule has 1 atom stereocenters. The lowest BCUT2D eigenvalue weighted by atomic mass is 9.96. The Morgan fingerprint density at radius 3 is 2.08 bits per heavy atom. The average Bonchev–Trinajstić information content (AvgIpc) is 2.58. The normalized spacial score (nSPS) is 11.9. The summed E-state index contributed by atoms with van der Waals surface area (Å²) in [6, 6.07) is 8.77. The van der Waals surface area contributed by atoms with Gasteiger partial charge in [-0.15, -0.1) is 0 Å². The van der Waals surface area contributed by atoms with Gasteiger partial charge in [-0.05, 0) is 55.6 Å². The molecule has 0 radical (unpaired) electrons. The Morgan fingerprint density at radius 2 is 1.54 bits per heavy atom. The highest BCUT2D eigenvalue weighted by atomic mass is 16.5. The first-order valence-electron chi connectivity index (χ1n) is 8.94. The lowest BCUT2D eigenvalue weighted by molar-refractivity contribution is -0.140. The Labute approximate surface area is 145 Å². The molecule has 24 heavy (non-hydrogen) atoms. The van der Waals surface area contributed by atoms with Crippen LogP contribution < -0.4 is 5.73 Å². The molecule has 0 aliphatic heterocycles. The van der Waals surface area contributed by atoms with Gasteiger partial charge in [-0.1, -0.05) is 37.6 Å². The van der Waals surface area contributed by atoms with Crippen molar-refractivity contribution < 1.29 is 14.3 Å². The van der Waals surface area contributed by atoms with Gasteiger partial charge < -0.3 is 10.5 Å². The van der Waals surface area contributed by atoms with Crippen molar-refractivity contribution in [2.45, 2.75) is 64.7 Å². The SMILES string of the molecule is COC(=O)CCCCc1ccc(CCC[C@@H](C)CCC(N)=O)cc1. The van der Waals surface area contributed by atoms with Gasteiger partial charge in [0.1, 0.15) is 0 Å². The summed E-state index contributed by atoms with van der Waals surface area (Å²) in [5.74, 6) is 0.214. The van der Waals surface area contributed by atoms with E-state index in [1.54, 1.807) is 0 Å². The molecule has 1 rings (SSSR count). The van der Waals surface area contributed by atoms with E-state index in [2.05, 4.69) is 35.9 Å². The first-order chi connectivity index (χ1) is 11.5. The van der Waals surface area contributed by atoms with Crippen molar-refractivity contribution in [3.8, 4) is 0 Å². The third kappa shape index (κ3) is 9.33. The number of amides is 1. The van der Waals surface area contributed by atoms with E-state index in [-0.39, 0.29) is 11.9 Å². The zero-order valence-corrected chi connectivity index (χ0v) is 15.1. The smallest absolute Gasteiger partial charge is 0.305 e. The molecule has 4 nitrogen and oxygen atoms in total. The maximum absolute atomic E-state index is 11.0. The quantitative estimate of drug-likeness (QED) is 0.467. The molecule has 1 amide bonds. The van der Waals surface area contributed by atoms with Crippen LogP contribution in [0.5, 0.6) is 0 Å². The minimum Gasteiger partial charge on any atom is -0.469 e. The number of esters is 1. The molecule has 4 heteroatoms. The van der Waals surface area contributed by atoms with Crippen molar-refractivity contribution in [2.24, 2.45) is 11.7 Å². The van der Waals surface area contributed by atoms with Crippen LogP contribution in [0.15, 0.2) is 24.3 Å². The molecule has 2 N–H and O–H groups in total. The lowest BCUT2D eigenvalue weighted by Crippen LogP contribution is -2.11. The van der Waals surface area contributed by atoms with Crippen molar-refractivity contribution in [1.29, 1.82) is 0 Å². The van der Waals surface area contributed by atoms with Gasteiger partial charge in [0.15, 0.2) is 0 Å². The largest absolute Gasteiger partial charge is 0.469 e. The van der Waals surface area contributed by atoms with E-state index < -0.39 is 0 Å². The van der Waals surface area contributed by atoms with Crippen LogP contribution >= 0.6 is 0 Å². The average molecular weight is 333 g/mol. The standard InChI is InChI=1S/C20H31NO3/c1-16(10-15-19(21)22)6-5-8-18-13-11-17(12-14-18)7-3-4-9-20(23)24-2/h11-14,16H,3-10,15H2,1-2H3,(H2,21,22)/t16-/m1/s1. The van der Waals surface area contributed by atoms with Crippen molar-refractivity contribution in [2.75, 3.05) is 7.11 Å². The number of hydrogen-bond donors (Lipinski definition) is 1. The third-order valence-corrected chi connectivity index (χ3v) is 4.39. The summed E-state index contributed by atoms with van der Waals surface area (Å²) in [6.07, 6.45) is 8.10. The highest BCUT2D eigenvalue weighted by Crippen LogP contribution is 2.16. The highest BCUT2D eigenvalue weighted by Gasteiger charge is 2.05. The predicted octanol–water partition coefficient (Wildman–Crippen LogP) is 3.80. The van der Waals surface area contributed by atoms with Gasteiger partial charge >= 0.3 is 5.97 Å². The zero-order valence-electron chi connectivity index (χ0n) is 15.1. The number of hydrogen-bond acceptors (Lipinski definition) is 3. The van der Waals surface area contributed by atoms with Crippen LogP contribution in [0.1, 0.15) is 63.0 Å². The number of primary amides is 1. The molecule has 0 heterocycles. The molecule has 0 aromatic heterocycles. The number of rotatable bonds is 12. The van der Waals surface area contributed by atoms with Crippen LogP contribution in [-0.2, 0) is 27.2 Å². The van der Waals surface area contributed by atoms with Crippen LogP contribution in [0.25, 0.3) is 0 Å². The van der Waals surface area contributed by atoms with Crippen LogP contribution in [0.4, 0.5) is 0 Å². The van der Waals surface area contributed by atoms with Crippen LogP contribution in [0.3, 0.4) is 0 Å². The Hall–Kier alpha value is -1.84. The molecule has 134 valence electrons. The molecule has 1 aromatic carbocycles. The minimum atomic E-state index is -0.205. The molecule has 1 aromatic rings. The molecule has 0 aliphatic rings. The summed E-state index contributed by atoms with van der Waals surface area (Å²) in [5, 5.41) is 0. The Bertz CT molecular complexity index is 496. The second kappa shape index (κ2) is 11.7. The number of carbonyl (C=O) groups is 2. The summed E-state index contributed by atoms with van der Waals surface area (Å²) < 4.78 is 4.64. The van der Waals surface area contributed by atoms with Gasteiger partial charge in [0, 0.05) is 12.8 Å². The van der Waals surface area contributed by atoms with Crippen molar-refractivity contribution >= 4 is 11.9 Å². The summed E-state index contributed by atoms with van der Waals surface area (Å²) in [7, 11) is 1.43. The van der Waals surface area contributed by atoms with Crippen LogP contribution in [-0.4, -0.2) is 19.0 Å².